The van der Waals surface area contributed by atoms with E-state index in [1.165, 1.54) is 0 Å². The van der Waals surface area contributed by atoms with E-state index in [0.717, 1.165) is 0 Å². The third kappa shape index (κ3) is 2.63. The molecule has 0 atom stereocenters. The molecule has 0 aliphatic carbocycles. The summed E-state index contributed by atoms with van der Waals surface area (Å²) in [5, 5.41) is 2.84. The molecule has 0 radical (unpaired) electrons. The maximum Gasteiger partial charge on any atom is 0.259 e. The number of hydrogen-bond acceptors (Lipinski definition) is 4. The van der Waals surface area contributed by atoms with Crippen LogP contribution in [-0.4, -0.2) is 19.3 Å². The van der Waals surface area contributed by atoms with Crippen LogP contribution in [0.5, 0.6) is 17.2 Å². The van der Waals surface area contributed by atoms with Crippen molar-refractivity contribution >= 4 is 11.6 Å². The van der Waals surface area contributed by atoms with E-state index in [2.05, 4.69) is 5.32 Å². The number of rotatable bonds is 4. The average Bonchev–Trinajstić information content (AvgIpc) is 2.97. The van der Waals surface area contributed by atoms with Crippen LogP contribution >= 0.6 is 0 Å². The highest BCUT2D eigenvalue weighted by atomic mass is 16.7. The van der Waals surface area contributed by atoms with Crippen LogP contribution in [0.2, 0.25) is 0 Å². The summed E-state index contributed by atoms with van der Waals surface area (Å²) in [7, 11) is 0. The number of para-hydroxylation sites is 3. The van der Waals surface area contributed by atoms with Crippen molar-refractivity contribution in [3.05, 3.63) is 48.0 Å². The van der Waals surface area contributed by atoms with Gasteiger partial charge in [0.25, 0.3) is 5.91 Å². The number of anilines is 1. The molecular weight excluding hydrogens is 270 g/mol. The number of carbonyl (C=O) groups is 1. The number of amides is 1. The lowest BCUT2D eigenvalue weighted by Gasteiger charge is -2.12. The van der Waals surface area contributed by atoms with Gasteiger partial charge in [0.1, 0.15) is 5.75 Å². The summed E-state index contributed by atoms with van der Waals surface area (Å²) >= 11 is 0. The van der Waals surface area contributed by atoms with Gasteiger partial charge in [-0.2, -0.15) is 0 Å². The fourth-order valence-electron chi connectivity index (χ4n) is 2.15. The summed E-state index contributed by atoms with van der Waals surface area (Å²) < 4.78 is 16.1. The highest BCUT2D eigenvalue weighted by molar-refractivity contribution is 6.07. The molecule has 2 aromatic carbocycles. The van der Waals surface area contributed by atoms with Crippen LogP contribution in [0, 0.1) is 0 Å². The lowest BCUT2D eigenvalue weighted by Crippen LogP contribution is -2.13. The van der Waals surface area contributed by atoms with Gasteiger partial charge in [0.2, 0.25) is 6.79 Å². The van der Waals surface area contributed by atoms with E-state index < -0.39 is 0 Å². The largest absolute Gasteiger partial charge is 0.492 e. The first-order valence-corrected chi connectivity index (χ1v) is 6.71. The number of nitrogens with one attached hydrogen (secondary N) is 1. The van der Waals surface area contributed by atoms with Crippen LogP contribution in [0.15, 0.2) is 42.5 Å². The van der Waals surface area contributed by atoms with Gasteiger partial charge in [-0.15, -0.1) is 0 Å². The zero-order chi connectivity index (χ0) is 14.7. The van der Waals surface area contributed by atoms with Gasteiger partial charge < -0.3 is 19.5 Å². The third-order valence-electron chi connectivity index (χ3n) is 3.08. The van der Waals surface area contributed by atoms with Crippen molar-refractivity contribution in [2.24, 2.45) is 0 Å². The zero-order valence-corrected chi connectivity index (χ0v) is 11.6. The van der Waals surface area contributed by atoms with Gasteiger partial charge >= 0.3 is 0 Å². The fraction of sp³-hybridized carbons (Fsp3) is 0.188. The molecule has 0 fully saturated rings. The molecule has 0 saturated carbocycles. The van der Waals surface area contributed by atoms with Crippen LogP contribution < -0.4 is 19.5 Å². The Balaban J connectivity index is 1.86. The van der Waals surface area contributed by atoms with E-state index in [1.54, 1.807) is 24.3 Å². The van der Waals surface area contributed by atoms with Crippen molar-refractivity contribution in [3.8, 4) is 17.2 Å². The van der Waals surface area contributed by atoms with Crippen molar-refractivity contribution in [2.45, 2.75) is 6.92 Å². The van der Waals surface area contributed by atoms with E-state index in [1.807, 2.05) is 25.1 Å². The Hall–Kier alpha value is -2.69. The molecule has 0 bridgehead atoms. The topological polar surface area (TPSA) is 56.8 Å². The maximum atomic E-state index is 12.4. The molecule has 1 heterocycles. The predicted molar refractivity (Wildman–Crippen MR) is 78.1 cm³/mol. The molecule has 2 aromatic rings. The molecule has 108 valence electrons. The Kier molecular flexibility index (Phi) is 3.64. The molecule has 0 spiro atoms. The molecule has 1 aliphatic rings. The highest BCUT2D eigenvalue weighted by Gasteiger charge is 2.22. The van der Waals surface area contributed by atoms with Crippen molar-refractivity contribution in [1.82, 2.24) is 0 Å². The average molecular weight is 285 g/mol. The Morgan fingerprint density at radius 3 is 2.90 bits per heavy atom. The maximum absolute atomic E-state index is 12.4. The SMILES string of the molecule is CCOc1ccccc1NC(=O)c1cccc2c1OCO2. The first-order chi connectivity index (χ1) is 10.3. The van der Waals surface area contributed by atoms with Crippen molar-refractivity contribution in [1.29, 1.82) is 0 Å². The molecule has 0 saturated heterocycles. The molecule has 0 aromatic heterocycles. The Morgan fingerprint density at radius 1 is 1.19 bits per heavy atom. The standard InChI is InChI=1S/C16H15NO4/c1-2-19-13-8-4-3-7-12(13)17-16(18)11-6-5-9-14-15(11)21-10-20-14/h3-9H,2,10H2,1H3,(H,17,18). The highest BCUT2D eigenvalue weighted by Crippen LogP contribution is 2.36. The van der Waals surface area contributed by atoms with Crippen LogP contribution in [-0.2, 0) is 0 Å². The number of ether oxygens (including phenoxy) is 3. The van der Waals surface area contributed by atoms with Crippen molar-refractivity contribution in [2.75, 3.05) is 18.7 Å². The summed E-state index contributed by atoms with van der Waals surface area (Å²) in [6.07, 6.45) is 0. The number of benzene rings is 2. The number of hydrogen-bond donors (Lipinski definition) is 1. The molecular formula is C16H15NO4. The molecule has 1 N–H and O–H groups in total. The van der Waals surface area contributed by atoms with Gasteiger partial charge in [-0.25, -0.2) is 0 Å². The van der Waals surface area contributed by atoms with Crippen LogP contribution in [0.1, 0.15) is 17.3 Å². The van der Waals surface area contributed by atoms with E-state index in [-0.39, 0.29) is 12.7 Å². The van der Waals surface area contributed by atoms with Crippen LogP contribution in [0.3, 0.4) is 0 Å². The molecule has 1 amide bonds. The second-order valence-electron chi connectivity index (χ2n) is 4.42. The van der Waals surface area contributed by atoms with Crippen LogP contribution in [0.25, 0.3) is 0 Å². The van der Waals surface area contributed by atoms with E-state index in [4.69, 9.17) is 14.2 Å². The fourth-order valence-corrected chi connectivity index (χ4v) is 2.15. The normalized spacial score (nSPS) is 12.0. The Morgan fingerprint density at radius 2 is 2.05 bits per heavy atom. The monoisotopic (exact) mass is 285 g/mol. The first-order valence-electron chi connectivity index (χ1n) is 6.71. The molecule has 5 heteroatoms. The Bertz CT molecular complexity index is 669. The summed E-state index contributed by atoms with van der Waals surface area (Å²) in [6, 6.07) is 12.5. The quantitative estimate of drug-likeness (QED) is 0.938. The summed E-state index contributed by atoms with van der Waals surface area (Å²) in [6.45, 7) is 2.56. The molecule has 5 nitrogen and oxygen atoms in total. The van der Waals surface area contributed by atoms with Gasteiger partial charge in [0.15, 0.2) is 11.5 Å². The summed E-state index contributed by atoms with van der Waals surface area (Å²) in [5.74, 6) is 1.44. The molecule has 21 heavy (non-hydrogen) atoms. The predicted octanol–water partition coefficient (Wildman–Crippen LogP) is 3.07. The Labute approximate surface area is 122 Å². The number of carbonyl (C=O) groups excluding carboxylic acids is 1. The van der Waals surface area contributed by atoms with Gasteiger partial charge in [-0.05, 0) is 31.2 Å². The van der Waals surface area contributed by atoms with Gasteiger partial charge in [0.05, 0.1) is 17.9 Å². The molecule has 0 unspecified atom stereocenters. The lowest BCUT2D eigenvalue weighted by atomic mass is 10.1. The van der Waals surface area contributed by atoms with Gasteiger partial charge in [-0.1, -0.05) is 18.2 Å². The number of fused-ring (bicyclic) bond motifs is 1. The minimum absolute atomic E-state index is 0.134. The smallest absolute Gasteiger partial charge is 0.259 e. The van der Waals surface area contributed by atoms with E-state index in [9.17, 15) is 4.79 Å². The third-order valence-corrected chi connectivity index (χ3v) is 3.08. The molecule has 1 aliphatic heterocycles. The first kappa shape index (κ1) is 13.3. The second kappa shape index (κ2) is 5.75. The lowest BCUT2D eigenvalue weighted by molar-refractivity contribution is 0.102. The molecule has 3 rings (SSSR count). The van der Waals surface area contributed by atoms with Crippen molar-refractivity contribution < 1.29 is 19.0 Å². The van der Waals surface area contributed by atoms with Crippen molar-refractivity contribution in [3.63, 3.8) is 0 Å². The summed E-state index contributed by atoms with van der Waals surface area (Å²) in [4.78, 5) is 12.4. The van der Waals surface area contributed by atoms with Gasteiger partial charge in [0, 0.05) is 0 Å². The van der Waals surface area contributed by atoms with Gasteiger partial charge in [-0.3, -0.25) is 4.79 Å². The second-order valence-corrected chi connectivity index (χ2v) is 4.42. The minimum atomic E-state index is -0.260. The summed E-state index contributed by atoms with van der Waals surface area (Å²) in [5.41, 5.74) is 1.07. The zero-order valence-electron chi connectivity index (χ0n) is 11.6. The minimum Gasteiger partial charge on any atom is -0.492 e. The van der Waals surface area contributed by atoms with E-state index >= 15 is 0 Å². The van der Waals surface area contributed by atoms with E-state index in [0.29, 0.717) is 35.1 Å². The van der Waals surface area contributed by atoms with Crippen LogP contribution in [0.4, 0.5) is 5.69 Å².